The van der Waals surface area contributed by atoms with Crippen molar-refractivity contribution < 1.29 is 23.9 Å². The lowest BCUT2D eigenvalue weighted by molar-refractivity contribution is -0.248. The second-order valence-corrected chi connectivity index (χ2v) is 18.0. The van der Waals surface area contributed by atoms with Crippen LogP contribution in [0.15, 0.2) is 12.2 Å². The van der Waals surface area contributed by atoms with Crippen LogP contribution < -0.4 is 5.32 Å². The highest BCUT2D eigenvalue weighted by Gasteiger charge is 2.72. The van der Waals surface area contributed by atoms with E-state index < -0.39 is 11.5 Å². The Labute approximate surface area is 273 Å². The zero-order valence-electron chi connectivity index (χ0n) is 30.1. The van der Waals surface area contributed by atoms with Gasteiger partial charge in [0.25, 0.3) is 0 Å². The van der Waals surface area contributed by atoms with Gasteiger partial charge >= 0.3 is 11.9 Å². The summed E-state index contributed by atoms with van der Waals surface area (Å²) in [7, 11) is 1.42. The summed E-state index contributed by atoms with van der Waals surface area (Å²) in [5.74, 6) is 1.96. The number of allylic oxidation sites excluding steroid dienone is 1. The molecule has 5 aliphatic rings. The maximum Gasteiger partial charge on any atom is 0.328 e. The molecule has 5 aliphatic carbocycles. The van der Waals surface area contributed by atoms with Gasteiger partial charge in [0.15, 0.2) is 0 Å². The number of ether oxygens (including phenoxy) is 2. The molecule has 1 N–H and O–H groups in total. The van der Waals surface area contributed by atoms with Gasteiger partial charge < -0.3 is 14.8 Å². The summed E-state index contributed by atoms with van der Waals surface area (Å²) in [6, 6.07) is -0.608. The summed E-state index contributed by atoms with van der Waals surface area (Å²) < 4.78 is 11.1. The molecule has 1 amide bonds. The van der Waals surface area contributed by atoms with Gasteiger partial charge in [-0.05, 0) is 129 Å². The lowest BCUT2D eigenvalue weighted by atomic mass is 9.32. The van der Waals surface area contributed by atoms with Crippen molar-refractivity contribution in [3.63, 3.8) is 0 Å². The molecule has 0 aromatic rings. The number of carbonyl (C=O) groups is 3. The van der Waals surface area contributed by atoms with Gasteiger partial charge in [-0.2, -0.15) is 0 Å². The fraction of sp³-hybridized carbons (Fsp3) is 0.872. The summed E-state index contributed by atoms with van der Waals surface area (Å²) in [4.78, 5) is 39.4. The molecule has 0 radical (unpaired) electrons. The zero-order chi connectivity index (χ0) is 33.3. The van der Waals surface area contributed by atoms with Crippen molar-refractivity contribution in [2.24, 2.45) is 62.6 Å². The summed E-state index contributed by atoms with van der Waals surface area (Å²) >= 11 is 0. The molecule has 254 valence electrons. The molecule has 0 spiro atoms. The number of methoxy groups -OCH3 is 1. The SMILES string of the molecule is C=C(C)[C@@H]1CC[C@]2(C(=O)N[C@@H](CC(C)C)C(=O)OC)CC[C@]3(C)[C@H](CC[C@@H]4[C@@]5(C)CC[C@H](OC(C)=O)C(C)(C)[C@@H]5CC[C@]43C)[C@@H]12. The van der Waals surface area contributed by atoms with Gasteiger partial charge in [-0.1, -0.05) is 60.6 Å². The van der Waals surface area contributed by atoms with E-state index >= 15 is 0 Å². The fourth-order valence-corrected chi connectivity index (χ4v) is 13.1. The molecule has 0 aliphatic heterocycles. The molecule has 11 atom stereocenters. The number of rotatable bonds is 7. The average Bonchev–Trinajstić information content (AvgIpc) is 3.35. The molecular formula is C39H63NO5. The summed E-state index contributed by atoms with van der Waals surface area (Å²) in [5, 5.41) is 3.26. The second-order valence-electron chi connectivity index (χ2n) is 18.0. The molecule has 0 unspecified atom stereocenters. The Bertz CT molecular complexity index is 1210. The Morgan fingerprint density at radius 2 is 1.53 bits per heavy atom. The Morgan fingerprint density at radius 1 is 0.844 bits per heavy atom. The van der Waals surface area contributed by atoms with Crippen molar-refractivity contribution in [2.45, 2.75) is 145 Å². The van der Waals surface area contributed by atoms with Gasteiger partial charge in [0.1, 0.15) is 12.1 Å². The van der Waals surface area contributed by atoms with Gasteiger partial charge in [-0.15, -0.1) is 0 Å². The van der Waals surface area contributed by atoms with E-state index in [1.807, 2.05) is 0 Å². The van der Waals surface area contributed by atoms with Crippen molar-refractivity contribution >= 4 is 17.8 Å². The largest absolute Gasteiger partial charge is 0.467 e. The third-order valence-corrected chi connectivity index (χ3v) is 15.3. The van der Waals surface area contributed by atoms with Gasteiger partial charge in [-0.25, -0.2) is 4.79 Å². The first-order valence-corrected chi connectivity index (χ1v) is 18.1. The number of esters is 2. The summed E-state index contributed by atoms with van der Waals surface area (Å²) in [6.07, 6.45) is 11.1. The second kappa shape index (κ2) is 11.7. The van der Waals surface area contributed by atoms with E-state index in [2.05, 4.69) is 67.3 Å². The smallest absolute Gasteiger partial charge is 0.328 e. The molecular weight excluding hydrogens is 562 g/mol. The van der Waals surface area contributed by atoms with Crippen LogP contribution in [0.1, 0.15) is 133 Å². The Hall–Kier alpha value is -1.85. The zero-order valence-corrected chi connectivity index (χ0v) is 30.1. The molecule has 6 nitrogen and oxygen atoms in total. The van der Waals surface area contributed by atoms with Crippen LogP contribution in [-0.2, 0) is 23.9 Å². The maximum absolute atomic E-state index is 14.6. The molecule has 0 heterocycles. The summed E-state index contributed by atoms with van der Waals surface area (Å²) in [5.41, 5.74) is 1.17. The standard InChI is InChI=1S/C39H63NO5/c1-23(2)22-28(33(42)44-11)40-34(43)39-19-14-26(24(3)4)32(39)27-12-13-30-36(8)17-16-31(45-25(5)41)35(6,7)29(36)15-18-38(30,10)37(27,9)20-21-39/h23,26-32H,3,12-22H2,1-2,4-11H3,(H,40,43)/t26-,27+,28-,29-,30+,31-,32+,36-,37+,38+,39-/m0/s1. The normalized spacial score (nSPS) is 44.0. The molecule has 0 aromatic carbocycles. The molecule has 5 saturated carbocycles. The maximum atomic E-state index is 14.6. The number of fused-ring (bicyclic) bond motifs is 7. The van der Waals surface area contributed by atoms with E-state index in [1.165, 1.54) is 25.5 Å². The monoisotopic (exact) mass is 625 g/mol. The third kappa shape index (κ3) is 5.12. The van der Waals surface area contributed by atoms with Crippen molar-refractivity contribution in [1.82, 2.24) is 5.32 Å². The number of nitrogens with one attached hydrogen (secondary N) is 1. The number of hydrogen-bond donors (Lipinski definition) is 1. The van der Waals surface area contributed by atoms with Crippen LogP contribution in [0, 0.1) is 62.6 Å². The number of amides is 1. The van der Waals surface area contributed by atoms with E-state index in [0.29, 0.717) is 30.1 Å². The van der Waals surface area contributed by atoms with Crippen molar-refractivity contribution in [1.29, 1.82) is 0 Å². The van der Waals surface area contributed by atoms with E-state index in [1.54, 1.807) is 6.92 Å². The lowest BCUT2D eigenvalue weighted by Gasteiger charge is -2.72. The molecule has 5 rings (SSSR count). The van der Waals surface area contributed by atoms with Crippen molar-refractivity contribution in [3.05, 3.63) is 12.2 Å². The van der Waals surface area contributed by atoms with Crippen LogP contribution in [0.5, 0.6) is 0 Å². The van der Waals surface area contributed by atoms with Crippen LogP contribution in [-0.4, -0.2) is 37.1 Å². The minimum atomic E-state index is -0.608. The first-order chi connectivity index (χ1) is 20.9. The van der Waals surface area contributed by atoms with Gasteiger partial charge in [-0.3, -0.25) is 9.59 Å². The molecule has 5 fully saturated rings. The minimum Gasteiger partial charge on any atom is -0.467 e. The fourth-order valence-electron chi connectivity index (χ4n) is 13.1. The molecule has 0 aromatic heterocycles. The third-order valence-electron chi connectivity index (χ3n) is 15.3. The molecule has 6 heteroatoms. The van der Waals surface area contributed by atoms with Gasteiger partial charge in [0, 0.05) is 12.3 Å². The molecule has 0 saturated heterocycles. The van der Waals surface area contributed by atoms with Crippen molar-refractivity contribution in [2.75, 3.05) is 7.11 Å². The lowest BCUT2D eigenvalue weighted by Crippen LogP contribution is -2.67. The highest BCUT2D eigenvalue weighted by molar-refractivity contribution is 5.88. The average molecular weight is 626 g/mol. The Morgan fingerprint density at radius 3 is 2.13 bits per heavy atom. The van der Waals surface area contributed by atoms with Crippen LogP contribution in [0.25, 0.3) is 0 Å². The highest BCUT2D eigenvalue weighted by atomic mass is 16.5. The number of hydrogen-bond acceptors (Lipinski definition) is 5. The quantitative estimate of drug-likeness (QED) is 0.227. The highest BCUT2D eigenvalue weighted by Crippen LogP contribution is 2.77. The topological polar surface area (TPSA) is 81.7 Å². The Balaban J connectivity index is 1.49. The van der Waals surface area contributed by atoms with Crippen molar-refractivity contribution in [3.8, 4) is 0 Å². The van der Waals surface area contributed by atoms with E-state index in [9.17, 15) is 14.4 Å². The summed E-state index contributed by atoms with van der Waals surface area (Å²) in [6.45, 7) is 24.9. The van der Waals surface area contributed by atoms with E-state index in [0.717, 1.165) is 51.4 Å². The van der Waals surface area contributed by atoms with Gasteiger partial charge in [0.2, 0.25) is 5.91 Å². The van der Waals surface area contributed by atoms with Crippen LogP contribution in [0.3, 0.4) is 0 Å². The molecule has 45 heavy (non-hydrogen) atoms. The van der Waals surface area contributed by atoms with E-state index in [-0.39, 0.29) is 57.4 Å². The predicted octanol–water partition coefficient (Wildman–Crippen LogP) is 8.28. The first kappa shape index (κ1) is 34.5. The molecule has 0 bridgehead atoms. The predicted molar refractivity (Wildman–Crippen MR) is 178 cm³/mol. The van der Waals surface area contributed by atoms with Crippen LogP contribution >= 0.6 is 0 Å². The van der Waals surface area contributed by atoms with Gasteiger partial charge in [0.05, 0.1) is 12.5 Å². The minimum absolute atomic E-state index is 0.0162. The Kier molecular flexibility index (Phi) is 8.96. The van der Waals surface area contributed by atoms with Crippen LogP contribution in [0.4, 0.5) is 0 Å². The van der Waals surface area contributed by atoms with E-state index in [4.69, 9.17) is 9.47 Å². The van der Waals surface area contributed by atoms with Crippen LogP contribution in [0.2, 0.25) is 0 Å². The number of carbonyl (C=O) groups excluding carboxylic acids is 3. The first-order valence-electron chi connectivity index (χ1n) is 18.1.